The van der Waals surface area contributed by atoms with Crippen molar-refractivity contribution in [2.75, 3.05) is 11.9 Å². The first kappa shape index (κ1) is 11.7. The molecular formula is C9H15BrO2. The van der Waals surface area contributed by atoms with E-state index in [9.17, 15) is 4.79 Å². The number of ether oxygens (including phenoxy) is 1. The first-order valence-corrected chi connectivity index (χ1v) is 4.99. The minimum atomic E-state index is -0.401. The summed E-state index contributed by atoms with van der Waals surface area (Å²) in [6.45, 7) is 5.87. The first-order chi connectivity index (χ1) is 5.48. The summed E-state index contributed by atoms with van der Waals surface area (Å²) >= 11 is 3.23. The number of hydrogen-bond donors (Lipinski definition) is 0. The fraction of sp³-hybridized carbons (Fsp3) is 0.667. The molecule has 0 atom stereocenters. The van der Waals surface area contributed by atoms with Crippen molar-refractivity contribution < 1.29 is 9.53 Å². The van der Waals surface area contributed by atoms with Gasteiger partial charge in [0.2, 0.25) is 0 Å². The van der Waals surface area contributed by atoms with E-state index in [2.05, 4.69) is 15.9 Å². The molecule has 0 fully saturated rings. The lowest BCUT2D eigenvalue weighted by molar-refractivity contribution is -0.151. The molecule has 0 unspecified atom stereocenters. The summed E-state index contributed by atoms with van der Waals surface area (Å²) in [6, 6.07) is 0. The van der Waals surface area contributed by atoms with E-state index in [0.29, 0.717) is 6.61 Å². The van der Waals surface area contributed by atoms with Gasteiger partial charge in [0.05, 0.1) is 5.41 Å². The van der Waals surface area contributed by atoms with E-state index in [4.69, 9.17) is 4.74 Å². The summed E-state index contributed by atoms with van der Waals surface area (Å²) in [6.07, 6.45) is 3.72. The van der Waals surface area contributed by atoms with E-state index in [1.165, 1.54) is 0 Å². The highest BCUT2D eigenvalue weighted by Crippen LogP contribution is 2.14. The van der Waals surface area contributed by atoms with Crippen LogP contribution in [0.4, 0.5) is 0 Å². The summed E-state index contributed by atoms with van der Waals surface area (Å²) in [5.74, 6) is -0.165. The van der Waals surface area contributed by atoms with E-state index in [-0.39, 0.29) is 5.97 Å². The van der Waals surface area contributed by atoms with Gasteiger partial charge in [-0.1, -0.05) is 28.1 Å². The minimum Gasteiger partial charge on any atom is -0.461 e. The summed E-state index contributed by atoms with van der Waals surface area (Å²) in [7, 11) is 0. The molecule has 0 bridgehead atoms. The normalized spacial score (nSPS) is 12.0. The van der Waals surface area contributed by atoms with Crippen LogP contribution in [0.2, 0.25) is 0 Å². The molecule has 0 saturated heterocycles. The molecule has 3 heteroatoms. The average molecular weight is 235 g/mol. The van der Waals surface area contributed by atoms with Crippen LogP contribution in [0.25, 0.3) is 0 Å². The maximum atomic E-state index is 11.2. The Bertz CT molecular complexity index is 168. The van der Waals surface area contributed by atoms with Gasteiger partial charge in [0.25, 0.3) is 0 Å². The Balaban J connectivity index is 3.66. The Labute approximate surface area is 82.1 Å². The average Bonchev–Trinajstić information content (AvgIpc) is 1.96. The summed E-state index contributed by atoms with van der Waals surface area (Å²) in [4.78, 5) is 11.2. The van der Waals surface area contributed by atoms with Crippen LogP contribution in [0.1, 0.15) is 20.8 Å². The molecule has 0 amide bonds. The fourth-order valence-electron chi connectivity index (χ4n) is 0.471. The smallest absolute Gasteiger partial charge is 0.311 e. The number of esters is 1. The molecule has 0 saturated carbocycles. The molecule has 0 spiro atoms. The van der Waals surface area contributed by atoms with Gasteiger partial charge in [0.15, 0.2) is 0 Å². The molecule has 0 aliphatic heterocycles. The monoisotopic (exact) mass is 234 g/mol. The molecule has 0 aromatic carbocycles. The number of carbonyl (C=O) groups is 1. The van der Waals surface area contributed by atoms with Crippen molar-refractivity contribution in [2.45, 2.75) is 20.8 Å². The fourth-order valence-corrected chi connectivity index (χ4v) is 0.736. The van der Waals surface area contributed by atoms with Crippen molar-refractivity contribution in [2.24, 2.45) is 5.41 Å². The zero-order chi connectivity index (χ0) is 9.61. The van der Waals surface area contributed by atoms with E-state index < -0.39 is 5.41 Å². The Morgan fingerprint density at radius 1 is 1.42 bits per heavy atom. The molecule has 70 valence electrons. The molecule has 0 heterocycles. The van der Waals surface area contributed by atoms with Gasteiger partial charge < -0.3 is 4.74 Å². The molecule has 2 nitrogen and oxygen atoms in total. The lowest BCUT2D eigenvalue weighted by atomic mass is 9.97. The summed E-state index contributed by atoms with van der Waals surface area (Å²) < 4.78 is 4.96. The van der Waals surface area contributed by atoms with E-state index in [1.807, 2.05) is 32.9 Å². The second kappa shape index (κ2) is 5.36. The molecule has 0 aromatic heterocycles. The largest absolute Gasteiger partial charge is 0.461 e. The van der Waals surface area contributed by atoms with Crippen molar-refractivity contribution >= 4 is 21.9 Å². The predicted molar refractivity (Wildman–Crippen MR) is 53.3 cm³/mol. The lowest BCUT2D eigenvalue weighted by Gasteiger charge is -2.15. The van der Waals surface area contributed by atoms with E-state index in [0.717, 1.165) is 5.33 Å². The van der Waals surface area contributed by atoms with Crippen molar-refractivity contribution in [1.29, 1.82) is 0 Å². The van der Waals surface area contributed by atoms with Crippen LogP contribution in [-0.4, -0.2) is 17.9 Å². The minimum absolute atomic E-state index is 0.165. The number of alkyl halides is 1. The van der Waals surface area contributed by atoms with Crippen LogP contribution in [0.15, 0.2) is 12.2 Å². The zero-order valence-electron chi connectivity index (χ0n) is 7.76. The van der Waals surface area contributed by atoms with Crippen LogP contribution in [0.5, 0.6) is 0 Å². The number of carbonyl (C=O) groups excluding carboxylic acids is 1. The van der Waals surface area contributed by atoms with Crippen molar-refractivity contribution in [3.05, 3.63) is 12.2 Å². The number of allylic oxidation sites excluding steroid dienone is 1. The quantitative estimate of drug-likeness (QED) is 0.427. The predicted octanol–water partition coefficient (Wildman–Crippen LogP) is 2.53. The van der Waals surface area contributed by atoms with Gasteiger partial charge in [-0.05, 0) is 20.8 Å². The standard InChI is InChI=1S/C9H15BrO2/c1-9(2,3)8(11)12-7-5-4-6-10/h4-5H,6-7H2,1-3H3/b5-4-. The van der Waals surface area contributed by atoms with Crippen LogP contribution in [0, 0.1) is 5.41 Å². The molecule has 0 aliphatic rings. The maximum absolute atomic E-state index is 11.2. The van der Waals surface area contributed by atoms with E-state index in [1.54, 1.807) is 0 Å². The third-order valence-corrected chi connectivity index (χ3v) is 1.55. The Kier molecular flexibility index (Phi) is 5.22. The highest BCUT2D eigenvalue weighted by atomic mass is 79.9. The molecular weight excluding hydrogens is 220 g/mol. The zero-order valence-corrected chi connectivity index (χ0v) is 9.35. The van der Waals surface area contributed by atoms with Crippen LogP contribution in [0.3, 0.4) is 0 Å². The third kappa shape index (κ3) is 5.35. The van der Waals surface area contributed by atoms with Gasteiger partial charge in [-0.3, -0.25) is 4.79 Å². The lowest BCUT2D eigenvalue weighted by Crippen LogP contribution is -2.22. The van der Waals surface area contributed by atoms with Gasteiger partial charge in [-0.15, -0.1) is 0 Å². The first-order valence-electron chi connectivity index (χ1n) is 3.86. The second-order valence-electron chi connectivity index (χ2n) is 3.47. The molecule has 0 aromatic rings. The topological polar surface area (TPSA) is 26.3 Å². The highest BCUT2D eigenvalue weighted by molar-refractivity contribution is 9.09. The number of hydrogen-bond acceptors (Lipinski definition) is 2. The Morgan fingerprint density at radius 3 is 2.42 bits per heavy atom. The van der Waals surface area contributed by atoms with Gasteiger partial charge in [-0.2, -0.15) is 0 Å². The summed E-state index contributed by atoms with van der Waals surface area (Å²) in [5.41, 5.74) is -0.401. The van der Waals surface area contributed by atoms with Crippen molar-refractivity contribution in [3.63, 3.8) is 0 Å². The number of rotatable bonds is 3. The van der Waals surface area contributed by atoms with Crippen LogP contribution >= 0.6 is 15.9 Å². The van der Waals surface area contributed by atoms with Crippen molar-refractivity contribution in [1.82, 2.24) is 0 Å². The maximum Gasteiger partial charge on any atom is 0.311 e. The molecule has 0 radical (unpaired) electrons. The van der Waals surface area contributed by atoms with Gasteiger partial charge >= 0.3 is 5.97 Å². The Hall–Kier alpha value is -0.310. The highest BCUT2D eigenvalue weighted by Gasteiger charge is 2.22. The third-order valence-electron chi connectivity index (χ3n) is 1.18. The van der Waals surface area contributed by atoms with E-state index >= 15 is 0 Å². The van der Waals surface area contributed by atoms with Gasteiger partial charge in [0, 0.05) is 5.33 Å². The molecule has 0 rings (SSSR count). The number of halogens is 1. The second-order valence-corrected chi connectivity index (χ2v) is 4.12. The van der Waals surface area contributed by atoms with Gasteiger partial charge in [0.1, 0.15) is 6.61 Å². The SMILES string of the molecule is CC(C)(C)C(=O)OC/C=C\CBr. The van der Waals surface area contributed by atoms with Gasteiger partial charge in [-0.25, -0.2) is 0 Å². The van der Waals surface area contributed by atoms with Crippen LogP contribution in [-0.2, 0) is 9.53 Å². The molecule has 0 N–H and O–H groups in total. The Morgan fingerprint density at radius 2 is 2.00 bits per heavy atom. The molecule has 12 heavy (non-hydrogen) atoms. The van der Waals surface area contributed by atoms with Crippen LogP contribution < -0.4 is 0 Å². The molecule has 0 aliphatic carbocycles. The summed E-state index contributed by atoms with van der Waals surface area (Å²) in [5, 5.41) is 0.792. The van der Waals surface area contributed by atoms with Crippen molar-refractivity contribution in [3.8, 4) is 0 Å².